The average molecular weight is 419 g/mol. The summed E-state index contributed by atoms with van der Waals surface area (Å²) in [6, 6.07) is 1.61. The second-order valence-corrected chi connectivity index (χ2v) is 8.15. The standard InChI is InChI=1S/C19H22N4O3S2/c1-4-6-14-15(5-2)28-19(21-14)22-16(24)9-12-10-27-18(20-12)23-17(25)13-7-8-26-11(13)3/h7-8,10H,4-6,9H2,1-3H3,(H,20,23,25)(H,21,22,24). The fraction of sp³-hybridized carbons (Fsp3) is 0.368. The van der Waals surface area contributed by atoms with Crippen LogP contribution in [-0.4, -0.2) is 21.8 Å². The second kappa shape index (κ2) is 9.11. The van der Waals surface area contributed by atoms with E-state index < -0.39 is 0 Å². The number of carbonyl (C=O) groups is 2. The Morgan fingerprint density at radius 3 is 2.68 bits per heavy atom. The number of thiazole rings is 2. The number of nitrogens with one attached hydrogen (secondary N) is 2. The molecule has 7 nitrogen and oxygen atoms in total. The highest BCUT2D eigenvalue weighted by molar-refractivity contribution is 7.16. The summed E-state index contributed by atoms with van der Waals surface area (Å²) in [6.07, 6.45) is 4.45. The highest BCUT2D eigenvalue weighted by Crippen LogP contribution is 2.25. The quantitative estimate of drug-likeness (QED) is 0.563. The Balaban J connectivity index is 1.58. The minimum atomic E-state index is -0.282. The molecule has 3 heterocycles. The van der Waals surface area contributed by atoms with Crippen LogP contribution in [0.15, 0.2) is 22.1 Å². The van der Waals surface area contributed by atoms with E-state index >= 15 is 0 Å². The molecule has 3 rings (SSSR count). The number of nitrogens with zero attached hydrogens (tertiary/aromatic N) is 2. The van der Waals surface area contributed by atoms with E-state index in [2.05, 4.69) is 34.4 Å². The Hall–Kier alpha value is -2.52. The van der Waals surface area contributed by atoms with Gasteiger partial charge in [-0.25, -0.2) is 9.97 Å². The van der Waals surface area contributed by atoms with Crippen LogP contribution in [0, 0.1) is 6.92 Å². The highest BCUT2D eigenvalue weighted by Gasteiger charge is 2.16. The van der Waals surface area contributed by atoms with E-state index in [9.17, 15) is 9.59 Å². The third-order valence-corrected chi connectivity index (χ3v) is 6.01. The van der Waals surface area contributed by atoms with Gasteiger partial charge in [0.1, 0.15) is 5.76 Å². The van der Waals surface area contributed by atoms with Crippen molar-refractivity contribution in [1.82, 2.24) is 9.97 Å². The molecule has 2 N–H and O–H groups in total. The summed E-state index contributed by atoms with van der Waals surface area (Å²) >= 11 is 2.80. The van der Waals surface area contributed by atoms with E-state index in [1.165, 1.54) is 33.8 Å². The van der Waals surface area contributed by atoms with Crippen molar-refractivity contribution in [2.45, 2.75) is 46.5 Å². The average Bonchev–Trinajstić information content (AvgIpc) is 3.36. The number of rotatable bonds is 8. The molecule has 0 aliphatic carbocycles. The zero-order valence-corrected chi connectivity index (χ0v) is 17.6. The van der Waals surface area contributed by atoms with Crippen LogP contribution in [-0.2, 0) is 24.1 Å². The normalized spacial score (nSPS) is 10.8. The van der Waals surface area contributed by atoms with Crippen LogP contribution in [0.3, 0.4) is 0 Å². The van der Waals surface area contributed by atoms with Gasteiger partial charge in [-0.1, -0.05) is 20.3 Å². The molecule has 0 spiro atoms. The summed E-state index contributed by atoms with van der Waals surface area (Å²) in [4.78, 5) is 34.6. The molecule has 0 aliphatic rings. The van der Waals surface area contributed by atoms with E-state index in [-0.39, 0.29) is 18.2 Å². The molecule has 0 aromatic carbocycles. The number of aryl methyl sites for hydroxylation is 3. The lowest BCUT2D eigenvalue weighted by atomic mass is 10.2. The molecule has 3 aromatic heterocycles. The predicted molar refractivity (Wildman–Crippen MR) is 111 cm³/mol. The number of furan rings is 1. The molecule has 0 unspecified atom stereocenters. The number of amides is 2. The number of hydrogen-bond donors (Lipinski definition) is 2. The number of carbonyl (C=O) groups excluding carboxylic acids is 2. The molecule has 2 amide bonds. The van der Waals surface area contributed by atoms with Crippen molar-refractivity contribution in [3.63, 3.8) is 0 Å². The zero-order valence-electron chi connectivity index (χ0n) is 16.0. The first-order valence-electron chi connectivity index (χ1n) is 9.08. The predicted octanol–water partition coefficient (Wildman–Crippen LogP) is 4.45. The maximum atomic E-state index is 12.3. The van der Waals surface area contributed by atoms with E-state index in [0.29, 0.717) is 27.3 Å². The van der Waals surface area contributed by atoms with Gasteiger partial charge in [0.15, 0.2) is 10.3 Å². The first-order valence-corrected chi connectivity index (χ1v) is 10.8. The van der Waals surface area contributed by atoms with Crippen LogP contribution in [0.25, 0.3) is 0 Å². The van der Waals surface area contributed by atoms with Gasteiger partial charge in [-0.05, 0) is 25.8 Å². The van der Waals surface area contributed by atoms with E-state index in [1.807, 2.05) is 0 Å². The smallest absolute Gasteiger partial charge is 0.260 e. The Morgan fingerprint density at radius 1 is 1.18 bits per heavy atom. The summed E-state index contributed by atoms with van der Waals surface area (Å²) in [5, 5.41) is 8.42. The van der Waals surface area contributed by atoms with E-state index in [0.717, 1.165) is 25.0 Å². The van der Waals surface area contributed by atoms with E-state index in [1.54, 1.807) is 18.4 Å². The zero-order chi connectivity index (χ0) is 20.1. The van der Waals surface area contributed by atoms with Crippen molar-refractivity contribution < 1.29 is 14.0 Å². The number of hydrogen-bond acceptors (Lipinski definition) is 7. The van der Waals surface area contributed by atoms with Crippen LogP contribution in [0.5, 0.6) is 0 Å². The molecule has 0 aliphatic heterocycles. The SMILES string of the molecule is CCCc1nc(NC(=O)Cc2csc(NC(=O)c3ccoc3C)n2)sc1CC. The van der Waals surface area contributed by atoms with Crippen LogP contribution in [0.2, 0.25) is 0 Å². The monoisotopic (exact) mass is 418 g/mol. The molecule has 0 saturated heterocycles. The maximum Gasteiger partial charge on any atom is 0.260 e. The first-order chi connectivity index (χ1) is 13.5. The van der Waals surface area contributed by atoms with Crippen LogP contribution >= 0.6 is 22.7 Å². The molecule has 0 atom stereocenters. The number of aromatic nitrogens is 2. The molecule has 0 saturated carbocycles. The molecular weight excluding hydrogens is 396 g/mol. The van der Waals surface area contributed by atoms with Crippen LogP contribution in [0.4, 0.5) is 10.3 Å². The minimum Gasteiger partial charge on any atom is -0.469 e. The van der Waals surface area contributed by atoms with Crippen LogP contribution < -0.4 is 10.6 Å². The van der Waals surface area contributed by atoms with Gasteiger partial charge in [-0.15, -0.1) is 22.7 Å². The van der Waals surface area contributed by atoms with Gasteiger partial charge in [0.05, 0.1) is 29.6 Å². The Kier molecular flexibility index (Phi) is 6.58. The second-order valence-electron chi connectivity index (χ2n) is 6.21. The minimum absolute atomic E-state index is 0.126. The highest BCUT2D eigenvalue weighted by atomic mass is 32.1. The van der Waals surface area contributed by atoms with Gasteiger partial charge < -0.3 is 9.73 Å². The first kappa shape index (κ1) is 20.2. The topological polar surface area (TPSA) is 97.1 Å². The van der Waals surface area contributed by atoms with Crippen molar-refractivity contribution in [3.8, 4) is 0 Å². The van der Waals surface area contributed by atoms with E-state index in [4.69, 9.17) is 4.42 Å². The fourth-order valence-corrected chi connectivity index (χ4v) is 4.37. The van der Waals surface area contributed by atoms with Crippen molar-refractivity contribution in [2.24, 2.45) is 0 Å². The molecular formula is C19H22N4O3S2. The molecule has 3 aromatic rings. The largest absolute Gasteiger partial charge is 0.469 e. The third kappa shape index (κ3) is 4.85. The Morgan fingerprint density at radius 2 is 2.00 bits per heavy atom. The fourth-order valence-electron chi connectivity index (χ4n) is 2.70. The molecule has 0 fully saturated rings. The summed E-state index contributed by atoms with van der Waals surface area (Å²) in [5.41, 5.74) is 2.13. The molecule has 0 radical (unpaired) electrons. The molecule has 9 heteroatoms. The van der Waals surface area contributed by atoms with Crippen LogP contribution in [0.1, 0.15) is 52.7 Å². The van der Waals surface area contributed by atoms with Gasteiger partial charge >= 0.3 is 0 Å². The summed E-state index contributed by atoms with van der Waals surface area (Å²) in [7, 11) is 0. The van der Waals surface area contributed by atoms with Crippen molar-refractivity contribution in [2.75, 3.05) is 10.6 Å². The van der Waals surface area contributed by atoms with Gasteiger partial charge in [-0.3, -0.25) is 14.9 Å². The number of anilines is 2. The summed E-state index contributed by atoms with van der Waals surface area (Å²) in [6.45, 7) is 5.93. The lowest BCUT2D eigenvalue weighted by Crippen LogP contribution is -2.15. The van der Waals surface area contributed by atoms with Gasteiger partial charge in [-0.2, -0.15) is 0 Å². The maximum absolute atomic E-state index is 12.3. The third-order valence-electron chi connectivity index (χ3n) is 4.05. The van der Waals surface area contributed by atoms with Gasteiger partial charge in [0.25, 0.3) is 5.91 Å². The van der Waals surface area contributed by atoms with Gasteiger partial charge in [0.2, 0.25) is 5.91 Å². The van der Waals surface area contributed by atoms with Gasteiger partial charge in [0, 0.05) is 10.3 Å². The summed E-state index contributed by atoms with van der Waals surface area (Å²) in [5.74, 6) is 0.0919. The molecule has 0 bridgehead atoms. The lowest BCUT2D eigenvalue weighted by molar-refractivity contribution is -0.115. The van der Waals surface area contributed by atoms with Crippen molar-refractivity contribution >= 4 is 44.8 Å². The molecule has 28 heavy (non-hydrogen) atoms. The Labute approximate surface area is 171 Å². The van der Waals surface area contributed by atoms with Crippen molar-refractivity contribution in [3.05, 3.63) is 45.3 Å². The van der Waals surface area contributed by atoms with Crippen molar-refractivity contribution in [1.29, 1.82) is 0 Å². The molecule has 148 valence electrons. The Bertz CT molecular complexity index is 974. The summed E-state index contributed by atoms with van der Waals surface area (Å²) < 4.78 is 5.14. The lowest BCUT2D eigenvalue weighted by Gasteiger charge is -2.00.